The SMILES string of the molecule is CC(C)C[C@H](NC(=O)CCn1ccc2ccc(Br)cc21)C(=O)O. The maximum atomic E-state index is 12.0. The van der Waals surface area contributed by atoms with Crippen molar-refractivity contribution < 1.29 is 14.7 Å². The van der Waals surface area contributed by atoms with Gasteiger partial charge in [0.2, 0.25) is 5.91 Å². The lowest BCUT2D eigenvalue weighted by Crippen LogP contribution is -2.41. The molecule has 1 aromatic carbocycles. The van der Waals surface area contributed by atoms with Crippen LogP contribution in [-0.4, -0.2) is 27.6 Å². The summed E-state index contributed by atoms with van der Waals surface area (Å²) in [5.74, 6) is -1.01. The molecular weight excluding hydrogens is 360 g/mol. The number of aliphatic carboxylic acids is 1. The first-order valence-electron chi connectivity index (χ1n) is 7.63. The molecule has 2 N–H and O–H groups in total. The van der Waals surface area contributed by atoms with Crippen molar-refractivity contribution in [2.75, 3.05) is 0 Å². The van der Waals surface area contributed by atoms with Gasteiger partial charge >= 0.3 is 5.97 Å². The molecule has 0 fully saturated rings. The van der Waals surface area contributed by atoms with Crippen LogP contribution in [0.15, 0.2) is 34.9 Å². The first-order chi connectivity index (χ1) is 10.9. The van der Waals surface area contributed by atoms with Crippen molar-refractivity contribution in [3.63, 3.8) is 0 Å². The predicted molar refractivity (Wildman–Crippen MR) is 93.3 cm³/mol. The van der Waals surface area contributed by atoms with Gasteiger partial charge in [-0.15, -0.1) is 0 Å². The number of benzene rings is 1. The van der Waals surface area contributed by atoms with E-state index in [1.165, 1.54) is 0 Å². The molecular formula is C17H21BrN2O3. The third kappa shape index (κ3) is 4.82. The fourth-order valence-corrected chi connectivity index (χ4v) is 2.88. The number of hydrogen-bond donors (Lipinski definition) is 2. The van der Waals surface area contributed by atoms with E-state index in [-0.39, 0.29) is 18.2 Å². The Morgan fingerprint density at radius 1 is 1.30 bits per heavy atom. The molecule has 0 saturated carbocycles. The Kier molecular flexibility index (Phi) is 5.82. The summed E-state index contributed by atoms with van der Waals surface area (Å²) < 4.78 is 2.98. The van der Waals surface area contributed by atoms with Gasteiger partial charge in [-0.3, -0.25) is 4.79 Å². The molecule has 6 heteroatoms. The molecule has 124 valence electrons. The zero-order valence-corrected chi connectivity index (χ0v) is 14.8. The van der Waals surface area contributed by atoms with Crippen LogP contribution < -0.4 is 5.32 Å². The molecule has 0 spiro atoms. The Morgan fingerprint density at radius 3 is 2.70 bits per heavy atom. The molecule has 0 saturated heterocycles. The van der Waals surface area contributed by atoms with E-state index >= 15 is 0 Å². The summed E-state index contributed by atoms with van der Waals surface area (Å²) in [5.41, 5.74) is 1.05. The second-order valence-corrected chi connectivity index (χ2v) is 6.97. The maximum Gasteiger partial charge on any atom is 0.326 e. The number of aryl methyl sites for hydroxylation is 1. The minimum Gasteiger partial charge on any atom is -0.480 e. The second kappa shape index (κ2) is 7.64. The standard InChI is InChI=1S/C17H21BrN2O3/c1-11(2)9-14(17(22)23)19-16(21)6-8-20-7-5-12-3-4-13(18)10-15(12)20/h3-5,7,10-11,14H,6,8-9H2,1-2H3,(H,19,21)(H,22,23)/t14-/m0/s1. The Balaban J connectivity index is 1.97. The highest BCUT2D eigenvalue weighted by atomic mass is 79.9. The average molecular weight is 381 g/mol. The molecule has 1 atom stereocenters. The number of carbonyl (C=O) groups is 2. The molecule has 1 heterocycles. The van der Waals surface area contributed by atoms with Gasteiger partial charge in [-0.2, -0.15) is 0 Å². The van der Waals surface area contributed by atoms with E-state index in [1.54, 1.807) is 0 Å². The lowest BCUT2D eigenvalue weighted by molar-refractivity contribution is -0.142. The van der Waals surface area contributed by atoms with Gasteiger partial charge in [0.25, 0.3) is 0 Å². The lowest BCUT2D eigenvalue weighted by atomic mass is 10.0. The molecule has 0 aliphatic rings. The Labute approximate surface area is 143 Å². The molecule has 0 aliphatic carbocycles. The summed E-state index contributed by atoms with van der Waals surface area (Å²) in [6.45, 7) is 4.39. The number of rotatable bonds is 7. The number of aromatic nitrogens is 1. The van der Waals surface area contributed by atoms with Gasteiger partial charge in [0, 0.05) is 29.2 Å². The van der Waals surface area contributed by atoms with Crippen molar-refractivity contribution in [1.29, 1.82) is 0 Å². The number of fused-ring (bicyclic) bond motifs is 1. The molecule has 2 aromatic rings. The molecule has 0 unspecified atom stereocenters. The highest BCUT2D eigenvalue weighted by molar-refractivity contribution is 9.10. The van der Waals surface area contributed by atoms with Crippen LogP contribution in [0.1, 0.15) is 26.7 Å². The monoisotopic (exact) mass is 380 g/mol. The van der Waals surface area contributed by atoms with Crippen LogP contribution in [0.4, 0.5) is 0 Å². The zero-order valence-electron chi connectivity index (χ0n) is 13.3. The molecule has 23 heavy (non-hydrogen) atoms. The van der Waals surface area contributed by atoms with Crippen molar-refractivity contribution in [1.82, 2.24) is 9.88 Å². The minimum atomic E-state index is -0.984. The highest BCUT2D eigenvalue weighted by Gasteiger charge is 2.20. The van der Waals surface area contributed by atoms with Crippen LogP contribution in [0.5, 0.6) is 0 Å². The molecule has 2 rings (SSSR count). The van der Waals surface area contributed by atoms with E-state index in [1.807, 2.05) is 48.9 Å². The Bertz CT molecular complexity index is 709. The van der Waals surface area contributed by atoms with Gasteiger partial charge in [0.1, 0.15) is 6.04 Å². The number of carboxylic acids is 1. The van der Waals surface area contributed by atoms with Crippen LogP contribution in [0.2, 0.25) is 0 Å². The van der Waals surface area contributed by atoms with E-state index in [4.69, 9.17) is 5.11 Å². The van der Waals surface area contributed by atoms with Crippen LogP contribution in [-0.2, 0) is 16.1 Å². The normalized spacial score (nSPS) is 12.5. The van der Waals surface area contributed by atoms with Crippen molar-refractivity contribution >= 4 is 38.7 Å². The summed E-state index contributed by atoms with van der Waals surface area (Å²) >= 11 is 3.44. The number of carbonyl (C=O) groups excluding carboxylic acids is 1. The topological polar surface area (TPSA) is 71.3 Å². The van der Waals surface area contributed by atoms with E-state index in [0.717, 1.165) is 15.4 Å². The Morgan fingerprint density at radius 2 is 2.04 bits per heavy atom. The van der Waals surface area contributed by atoms with Crippen molar-refractivity contribution in [2.24, 2.45) is 5.92 Å². The number of carboxylic acid groups (broad SMARTS) is 1. The highest BCUT2D eigenvalue weighted by Crippen LogP contribution is 2.21. The first kappa shape index (κ1) is 17.5. The molecule has 1 aromatic heterocycles. The number of nitrogens with zero attached hydrogens (tertiary/aromatic N) is 1. The quantitative estimate of drug-likeness (QED) is 0.772. The van der Waals surface area contributed by atoms with Crippen LogP contribution >= 0.6 is 15.9 Å². The van der Waals surface area contributed by atoms with Crippen LogP contribution in [0.25, 0.3) is 10.9 Å². The first-order valence-corrected chi connectivity index (χ1v) is 8.42. The summed E-state index contributed by atoms with van der Waals surface area (Å²) in [5, 5.41) is 12.9. The smallest absolute Gasteiger partial charge is 0.326 e. The second-order valence-electron chi connectivity index (χ2n) is 6.05. The van der Waals surface area contributed by atoms with Gasteiger partial charge in [-0.1, -0.05) is 35.8 Å². The molecule has 0 aliphatic heterocycles. The summed E-state index contributed by atoms with van der Waals surface area (Å²) in [7, 11) is 0. The van der Waals surface area contributed by atoms with Gasteiger partial charge < -0.3 is 15.0 Å². The number of hydrogen-bond acceptors (Lipinski definition) is 2. The maximum absolute atomic E-state index is 12.0. The van der Waals surface area contributed by atoms with Crippen LogP contribution in [0, 0.1) is 5.92 Å². The van der Waals surface area contributed by atoms with Gasteiger partial charge in [0.05, 0.1) is 0 Å². The number of amides is 1. The summed E-state index contributed by atoms with van der Waals surface area (Å²) in [6, 6.07) is 7.17. The van der Waals surface area contributed by atoms with Gasteiger partial charge in [-0.25, -0.2) is 4.79 Å². The molecule has 0 radical (unpaired) electrons. The van der Waals surface area contributed by atoms with E-state index in [9.17, 15) is 9.59 Å². The molecule has 5 nitrogen and oxygen atoms in total. The van der Waals surface area contributed by atoms with Crippen molar-refractivity contribution in [3.05, 3.63) is 34.9 Å². The van der Waals surface area contributed by atoms with Gasteiger partial charge in [0.15, 0.2) is 0 Å². The third-order valence-electron chi connectivity index (χ3n) is 3.66. The van der Waals surface area contributed by atoms with Crippen molar-refractivity contribution in [3.8, 4) is 0 Å². The third-order valence-corrected chi connectivity index (χ3v) is 4.15. The fourth-order valence-electron chi connectivity index (χ4n) is 2.53. The summed E-state index contributed by atoms with van der Waals surface area (Å²) in [6.07, 6.45) is 2.62. The largest absolute Gasteiger partial charge is 0.480 e. The van der Waals surface area contributed by atoms with E-state index in [0.29, 0.717) is 13.0 Å². The van der Waals surface area contributed by atoms with Gasteiger partial charge in [-0.05, 0) is 35.9 Å². The fraction of sp³-hybridized carbons (Fsp3) is 0.412. The van der Waals surface area contributed by atoms with Crippen LogP contribution in [0.3, 0.4) is 0 Å². The van der Waals surface area contributed by atoms with E-state index < -0.39 is 12.0 Å². The average Bonchev–Trinajstić information content (AvgIpc) is 2.86. The number of halogens is 1. The minimum absolute atomic E-state index is 0.210. The predicted octanol–water partition coefficient (Wildman–Crippen LogP) is 3.41. The lowest BCUT2D eigenvalue weighted by Gasteiger charge is -2.16. The summed E-state index contributed by atoms with van der Waals surface area (Å²) in [4.78, 5) is 23.2. The van der Waals surface area contributed by atoms with Crippen molar-refractivity contribution in [2.45, 2.75) is 39.3 Å². The molecule has 1 amide bonds. The van der Waals surface area contributed by atoms with E-state index in [2.05, 4.69) is 21.2 Å². The zero-order chi connectivity index (χ0) is 17.0. The number of nitrogens with one attached hydrogen (secondary N) is 1. The Hall–Kier alpha value is -1.82. The molecule has 0 bridgehead atoms.